The number of hydrogen-bond acceptors (Lipinski definition) is 4. The molecular weight excluding hydrogens is 613 g/mol. The molecule has 5 heteroatoms. The van der Waals surface area contributed by atoms with Gasteiger partial charge in [-0.25, -0.2) is 15.0 Å². The molecule has 234 valence electrons. The van der Waals surface area contributed by atoms with Crippen molar-refractivity contribution < 1.29 is 4.42 Å². The Labute approximate surface area is 287 Å². The first-order chi connectivity index (χ1) is 24.8. The van der Waals surface area contributed by atoms with Crippen LogP contribution in [0.3, 0.4) is 0 Å². The van der Waals surface area contributed by atoms with Crippen molar-refractivity contribution in [3.05, 3.63) is 170 Å². The van der Waals surface area contributed by atoms with Gasteiger partial charge in [0, 0.05) is 43.9 Å². The molecule has 7 aromatic carbocycles. The van der Waals surface area contributed by atoms with E-state index in [2.05, 4.69) is 102 Å². The zero-order valence-corrected chi connectivity index (χ0v) is 26.9. The molecule has 50 heavy (non-hydrogen) atoms. The number of rotatable bonds is 5. The molecule has 0 atom stereocenters. The van der Waals surface area contributed by atoms with Crippen LogP contribution in [0.5, 0.6) is 0 Å². The number of para-hydroxylation sites is 2. The van der Waals surface area contributed by atoms with Gasteiger partial charge in [-0.15, -0.1) is 0 Å². The minimum absolute atomic E-state index is 0.619. The molecule has 0 aliphatic rings. The first-order valence-electron chi connectivity index (χ1n) is 16.7. The fourth-order valence-electron chi connectivity index (χ4n) is 7.04. The van der Waals surface area contributed by atoms with Gasteiger partial charge >= 0.3 is 0 Å². The van der Waals surface area contributed by atoms with E-state index in [0.717, 1.165) is 55.4 Å². The molecule has 0 N–H and O–H groups in total. The first-order valence-corrected chi connectivity index (χ1v) is 16.7. The van der Waals surface area contributed by atoms with Crippen LogP contribution in [-0.2, 0) is 0 Å². The van der Waals surface area contributed by atoms with Crippen LogP contribution in [-0.4, -0.2) is 19.5 Å². The molecule has 0 aliphatic carbocycles. The summed E-state index contributed by atoms with van der Waals surface area (Å²) in [6.07, 6.45) is 0. The number of fused-ring (bicyclic) bond motifs is 6. The van der Waals surface area contributed by atoms with E-state index in [4.69, 9.17) is 19.4 Å². The first kappa shape index (κ1) is 28.2. The van der Waals surface area contributed by atoms with Crippen molar-refractivity contribution in [1.29, 1.82) is 0 Å². The van der Waals surface area contributed by atoms with Crippen molar-refractivity contribution in [3.8, 4) is 51.0 Å². The molecule has 5 nitrogen and oxygen atoms in total. The van der Waals surface area contributed by atoms with Gasteiger partial charge in [-0.2, -0.15) is 0 Å². The van der Waals surface area contributed by atoms with Crippen molar-refractivity contribution in [2.45, 2.75) is 0 Å². The third-order valence-electron chi connectivity index (χ3n) is 9.45. The summed E-state index contributed by atoms with van der Waals surface area (Å²) in [6.45, 7) is 0. The molecule has 0 aliphatic heterocycles. The molecule has 3 heterocycles. The van der Waals surface area contributed by atoms with Crippen molar-refractivity contribution in [2.24, 2.45) is 0 Å². The van der Waals surface area contributed by atoms with Crippen molar-refractivity contribution >= 4 is 43.7 Å². The van der Waals surface area contributed by atoms with Crippen LogP contribution < -0.4 is 0 Å². The molecular formula is C45H28N4O. The maximum absolute atomic E-state index is 6.45. The van der Waals surface area contributed by atoms with E-state index in [1.807, 2.05) is 72.8 Å². The van der Waals surface area contributed by atoms with Gasteiger partial charge in [0.15, 0.2) is 17.5 Å². The average molecular weight is 641 g/mol. The van der Waals surface area contributed by atoms with Crippen LogP contribution in [0.15, 0.2) is 174 Å². The standard InChI is InChI=1S/C45H28N4O/c1-4-12-29(13-5-1)43-46-44(30-14-6-2-7-15-30)48-45(47-43)33-22-25-41-38(27-33)36-23-20-32(28-42(36)50-41)31-21-24-40-37(26-31)35-18-10-11-19-39(35)49(40)34-16-8-3-9-17-34/h1-28H. The summed E-state index contributed by atoms with van der Waals surface area (Å²) in [5, 5.41) is 4.52. The van der Waals surface area contributed by atoms with Gasteiger partial charge in [-0.05, 0) is 71.8 Å². The van der Waals surface area contributed by atoms with Crippen LogP contribution in [0.4, 0.5) is 0 Å². The van der Waals surface area contributed by atoms with Gasteiger partial charge in [-0.3, -0.25) is 0 Å². The highest BCUT2D eigenvalue weighted by atomic mass is 16.3. The molecule has 0 saturated carbocycles. The van der Waals surface area contributed by atoms with Crippen LogP contribution in [0.2, 0.25) is 0 Å². The number of nitrogens with zero attached hydrogens (tertiary/aromatic N) is 4. The largest absolute Gasteiger partial charge is 0.456 e. The molecule has 0 bridgehead atoms. The Hall–Kier alpha value is -6.85. The lowest BCUT2D eigenvalue weighted by molar-refractivity contribution is 0.669. The number of hydrogen-bond donors (Lipinski definition) is 0. The molecule has 0 radical (unpaired) electrons. The topological polar surface area (TPSA) is 56.7 Å². The summed E-state index contributed by atoms with van der Waals surface area (Å²) in [5.41, 5.74) is 10.2. The van der Waals surface area contributed by atoms with E-state index >= 15 is 0 Å². The normalized spacial score (nSPS) is 11.6. The summed E-state index contributed by atoms with van der Waals surface area (Å²) < 4.78 is 8.79. The van der Waals surface area contributed by atoms with E-state index in [1.165, 1.54) is 21.8 Å². The fourth-order valence-corrected chi connectivity index (χ4v) is 7.04. The second-order valence-electron chi connectivity index (χ2n) is 12.5. The molecule has 10 aromatic rings. The monoisotopic (exact) mass is 640 g/mol. The Morgan fingerprint density at radius 2 is 0.880 bits per heavy atom. The summed E-state index contributed by atoms with van der Waals surface area (Å²) in [5.74, 6) is 1.90. The number of furan rings is 1. The molecule has 10 rings (SSSR count). The molecule has 0 saturated heterocycles. The Bertz CT molecular complexity index is 2800. The van der Waals surface area contributed by atoms with Crippen LogP contribution in [0.1, 0.15) is 0 Å². The Morgan fingerprint density at radius 1 is 0.340 bits per heavy atom. The lowest BCUT2D eigenvalue weighted by Crippen LogP contribution is -2.00. The number of aromatic nitrogens is 4. The summed E-state index contributed by atoms with van der Waals surface area (Å²) in [7, 11) is 0. The van der Waals surface area contributed by atoms with E-state index < -0.39 is 0 Å². The van der Waals surface area contributed by atoms with Crippen molar-refractivity contribution in [2.75, 3.05) is 0 Å². The van der Waals surface area contributed by atoms with Gasteiger partial charge in [0.05, 0.1) is 11.0 Å². The van der Waals surface area contributed by atoms with E-state index in [1.54, 1.807) is 0 Å². The van der Waals surface area contributed by atoms with Crippen molar-refractivity contribution in [1.82, 2.24) is 19.5 Å². The summed E-state index contributed by atoms with van der Waals surface area (Å²) in [6, 6.07) is 58.7. The van der Waals surface area contributed by atoms with Crippen molar-refractivity contribution in [3.63, 3.8) is 0 Å². The maximum Gasteiger partial charge on any atom is 0.164 e. The molecule has 0 unspecified atom stereocenters. The molecule has 0 spiro atoms. The van der Waals surface area contributed by atoms with Gasteiger partial charge in [0.2, 0.25) is 0 Å². The van der Waals surface area contributed by atoms with Gasteiger partial charge in [0.25, 0.3) is 0 Å². The summed E-state index contributed by atoms with van der Waals surface area (Å²) in [4.78, 5) is 14.7. The van der Waals surface area contributed by atoms with Crippen LogP contribution in [0, 0.1) is 0 Å². The average Bonchev–Trinajstić information content (AvgIpc) is 3.73. The van der Waals surface area contributed by atoms with Gasteiger partial charge < -0.3 is 8.98 Å². The quantitative estimate of drug-likeness (QED) is 0.188. The highest BCUT2D eigenvalue weighted by Crippen LogP contribution is 2.38. The predicted molar refractivity (Wildman–Crippen MR) is 203 cm³/mol. The van der Waals surface area contributed by atoms with E-state index in [9.17, 15) is 0 Å². The Balaban J connectivity index is 1.08. The maximum atomic E-state index is 6.45. The van der Waals surface area contributed by atoms with E-state index in [0.29, 0.717) is 17.5 Å². The van der Waals surface area contributed by atoms with Crippen LogP contribution in [0.25, 0.3) is 94.7 Å². The highest BCUT2D eigenvalue weighted by Gasteiger charge is 2.16. The smallest absolute Gasteiger partial charge is 0.164 e. The second-order valence-corrected chi connectivity index (χ2v) is 12.5. The molecule has 0 fully saturated rings. The third kappa shape index (κ3) is 4.67. The zero-order chi connectivity index (χ0) is 33.0. The summed E-state index contributed by atoms with van der Waals surface area (Å²) >= 11 is 0. The molecule has 0 amide bonds. The van der Waals surface area contributed by atoms with Gasteiger partial charge in [-0.1, -0.05) is 109 Å². The lowest BCUT2D eigenvalue weighted by Gasteiger charge is -2.08. The fraction of sp³-hybridized carbons (Fsp3) is 0. The SMILES string of the molecule is c1ccc(-c2nc(-c3ccccc3)nc(-c3ccc4oc5cc(-c6ccc7c(c6)c6ccccc6n7-c6ccccc6)ccc5c4c3)n2)cc1. The van der Waals surface area contributed by atoms with Gasteiger partial charge in [0.1, 0.15) is 11.2 Å². The minimum Gasteiger partial charge on any atom is -0.456 e. The number of benzene rings is 7. The predicted octanol–water partition coefficient (Wildman–Crippen LogP) is 11.5. The molecule has 3 aromatic heterocycles. The zero-order valence-electron chi connectivity index (χ0n) is 26.9. The highest BCUT2D eigenvalue weighted by molar-refractivity contribution is 6.11. The van der Waals surface area contributed by atoms with E-state index in [-0.39, 0.29) is 0 Å². The minimum atomic E-state index is 0.619. The Kier molecular flexibility index (Phi) is 6.42. The lowest BCUT2D eigenvalue weighted by atomic mass is 10.0. The van der Waals surface area contributed by atoms with Crippen LogP contribution >= 0.6 is 0 Å². The Morgan fingerprint density at radius 3 is 1.60 bits per heavy atom. The third-order valence-corrected chi connectivity index (χ3v) is 9.45. The second kappa shape index (κ2) is 11.4.